The van der Waals surface area contributed by atoms with Crippen LogP contribution in [0.1, 0.15) is 13.3 Å². The summed E-state index contributed by atoms with van der Waals surface area (Å²) >= 11 is 0. The average Bonchev–Trinajstić information content (AvgIpc) is 1.89. The number of rotatable bonds is 4. The molecule has 51 valence electrons. The maximum absolute atomic E-state index is 10.0. The predicted octanol–water partition coefficient (Wildman–Crippen LogP) is 0.736. The molecule has 0 amide bonds. The molecular formula is C6H10NO2. The van der Waals surface area contributed by atoms with Gasteiger partial charge in [-0.3, -0.25) is 0 Å². The van der Waals surface area contributed by atoms with Crippen molar-refractivity contribution in [3.8, 4) is 6.07 Å². The molecule has 1 radical (unpaired) electrons. The molecule has 0 saturated carbocycles. The molecule has 3 heteroatoms. The van der Waals surface area contributed by atoms with Crippen molar-refractivity contribution in [2.24, 2.45) is 0 Å². The van der Waals surface area contributed by atoms with Gasteiger partial charge in [0.1, 0.15) is 6.61 Å². The number of hydrogen-bond acceptors (Lipinski definition) is 2. The summed E-state index contributed by atoms with van der Waals surface area (Å²) in [4.78, 5) is 0. The Labute approximate surface area is 54.9 Å². The summed E-state index contributed by atoms with van der Waals surface area (Å²) in [5, 5.41) is 18.1. The van der Waals surface area contributed by atoms with Crippen LogP contribution in [0.25, 0.3) is 0 Å². The number of nitriles is 1. The quantitative estimate of drug-likeness (QED) is 0.524. The highest BCUT2D eigenvalue weighted by molar-refractivity contribution is 4.67. The number of ether oxygens (including phenoxy) is 1. The Kier molecular flexibility index (Phi) is 5.18. The van der Waals surface area contributed by atoms with Crippen molar-refractivity contribution < 1.29 is 9.84 Å². The third kappa shape index (κ3) is 5.28. The number of nitrogens with zero attached hydrogens (tertiary/aromatic N) is 1. The lowest BCUT2D eigenvalue weighted by Crippen LogP contribution is -2.12. The molecule has 0 aliphatic rings. The molecule has 1 unspecified atom stereocenters. The average molecular weight is 128 g/mol. The topological polar surface area (TPSA) is 52.9 Å². The number of hydrogen-bond donors (Lipinski definition) is 0. The second-order valence-corrected chi connectivity index (χ2v) is 1.76. The Morgan fingerprint density at radius 3 is 2.89 bits per heavy atom. The molecule has 0 saturated heterocycles. The molecule has 0 aromatic rings. The van der Waals surface area contributed by atoms with E-state index in [9.17, 15) is 5.11 Å². The first kappa shape index (κ1) is 8.41. The summed E-state index contributed by atoms with van der Waals surface area (Å²) < 4.78 is 4.90. The molecule has 0 aliphatic carbocycles. The van der Waals surface area contributed by atoms with Gasteiger partial charge in [0.05, 0.1) is 25.2 Å². The predicted molar refractivity (Wildman–Crippen MR) is 31.2 cm³/mol. The monoisotopic (exact) mass is 128 g/mol. The minimum absolute atomic E-state index is 0.231. The molecule has 0 fully saturated rings. The van der Waals surface area contributed by atoms with Gasteiger partial charge in [0.15, 0.2) is 0 Å². The first-order valence-electron chi connectivity index (χ1n) is 2.88. The van der Waals surface area contributed by atoms with E-state index in [1.807, 2.05) is 6.07 Å². The highest BCUT2D eigenvalue weighted by atomic mass is 16.5. The summed E-state index contributed by atoms with van der Waals surface area (Å²) in [5.74, 6) is 0. The van der Waals surface area contributed by atoms with Gasteiger partial charge < -0.3 is 4.74 Å². The van der Waals surface area contributed by atoms with E-state index >= 15 is 0 Å². The highest BCUT2D eigenvalue weighted by Gasteiger charge is 1.97. The van der Waals surface area contributed by atoms with Crippen molar-refractivity contribution >= 4 is 0 Å². The fourth-order valence-corrected chi connectivity index (χ4v) is 0.354. The van der Waals surface area contributed by atoms with E-state index < -0.39 is 0 Å². The van der Waals surface area contributed by atoms with E-state index in [1.165, 1.54) is 0 Å². The Morgan fingerprint density at radius 2 is 2.44 bits per heavy atom. The van der Waals surface area contributed by atoms with Gasteiger partial charge in [-0.1, -0.05) is 0 Å². The molecule has 0 heterocycles. The maximum atomic E-state index is 10.0. The molecule has 0 aliphatic heterocycles. The van der Waals surface area contributed by atoms with Crippen molar-refractivity contribution in [1.29, 1.82) is 5.26 Å². The van der Waals surface area contributed by atoms with Crippen molar-refractivity contribution in [2.75, 3.05) is 13.2 Å². The third-order valence-corrected chi connectivity index (χ3v) is 0.851. The van der Waals surface area contributed by atoms with E-state index in [2.05, 4.69) is 0 Å². The lowest BCUT2D eigenvalue weighted by atomic mass is 10.4. The van der Waals surface area contributed by atoms with Crippen LogP contribution in [0, 0.1) is 11.3 Å². The van der Waals surface area contributed by atoms with Crippen LogP contribution in [0.3, 0.4) is 0 Å². The Morgan fingerprint density at radius 1 is 1.78 bits per heavy atom. The summed E-state index contributed by atoms with van der Waals surface area (Å²) in [5.41, 5.74) is 0. The van der Waals surface area contributed by atoms with Crippen LogP contribution >= 0.6 is 0 Å². The smallest absolute Gasteiger partial charge is 0.108 e. The zero-order valence-corrected chi connectivity index (χ0v) is 5.46. The van der Waals surface area contributed by atoms with E-state index in [1.54, 1.807) is 6.92 Å². The van der Waals surface area contributed by atoms with Crippen LogP contribution < -0.4 is 0 Å². The zero-order chi connectivity index (χ0) is 7.11. The van der Waals surface area contributed by atoms with Crippen LogP contribution in [-0.4, -0.2) is 19.3 Å². The van der Waals surface area contributed by atoms with Crippen LogP contribution in [0.15, 0.2) is 0 Å². The molecule has 0 rings (SSSR count). The summed E-state index contributed by atoms with van der Waals surface area (Å²) in [7, 11) is 0. The van der Waals surface area contributed by atoms with E-state index in [0.717, 1.165) is 0 Å². The van der Waals surface area contributed by atoms with Gasteiger partial charge in [-0.25, -0.2) is 5.11 Å². The third-order valence-electron chi connectivity index (χ3n) is 0.851. The Hall–Kier alpha value is -0.590. The molecule has 0 bridgehead atoms. The summed E-state index contributed by atoms with van der Waals surface area (Å²) in [6.45, 7) is 1.84. The molecule has 0 aromatic carbocycles. The van der Waals surface area contributed by atoms with Gasteiger partial charge in [-0.05, 0) is 6.92 Å². The van der Waals surface area contributed by atoms with E-state index in [4.69, 9.17) is 10.00 Å². The second-order valence-electron chi connectivity index (χ2n) is 1.76. The van der Waals surface area contributed by atoms with Crippen LogP contribution in [0.5, 0.6) is 0 Å². The van der Waals surface area contributed by atoms with E-state index in [-0.39, 0.29) is 12.7 Å². The molecule has 0 spiro atoms. The SMILES string of the molecule is CC(C[O])OCCC#N. The van der Waals surface area contributed by atoms with Crippen LogP contribution in [0.2, 0.25) is 0 Å². The van der Waals surface area contributed by atoms with Gasteiger partial charge in [-0.2, -0.15) is 5.26 Å². The van der Waals surface area contributed by atoms with Gasteiger partial charge in [0, 0.05) is 0 Å². The Balaban J connectivity index is 2.99. The van der Waals surface area contributed by atoms with Crippen molar-refractivity contribution in [2.45, 2.75) is 19.4 Å². The molecule has 3 nitrogen and oxygen atoms in total. The maximum Gasteiger partial charge on any atom is 0.108 e. The molecular weight excluding hydrogens is 118 g/mol. The lowest BCUT2D eigenvalue weighted by molar-refractivity contribution is 0.00471. The fourth-order valence-electron chi connectivity index (χ4n) is 0.354. The van der Waals surface area contributed by atoms with Crippen molar-refractivity contribution in [3.63, 3.8) is 0 Å². The van der Waals surface area contributed by atoms with Crippen molar-refractivity contribution in [1.82, 2.24) is 0 Å². The first-order chi connectivity index (χ1) is 4.31. The van der Waals surface area contributed by atoms with E-state index in [0.29, 0.717) is 13.0 Å². The van der Waals surface area contributed by atoms with Gasteiger partial charge >= 0.3 is 0 Å². The largest absolute Gasteiger partial charge is 0.375 e. The van der Waals surface area contributed by atoms with Crippen molar-refractivity contribution in [3.05, 3.63) is 0 Å². The fraction of sp³-hybridized carbons (Fsp3) is 0.833. The molecule has 1 atom stereocenters. The van der Waals surface area contributed by atoms with Crippen LogP contribution in [0.4, 0.5) is 0 Å². The molecule has 0 aromatic heterocycles. The summed E-state index contributed by atoms with van der Waals surface area (Å²) in [6.07, 6.45) is 0.114. The minimum Gasteiger partial charge on any atom is -0.375 e. The van der Waals surface area contributed by atoms with Gasteiger partial charge in [0.25, 0.3) is 0 Å². The lowest BCUT2D eigenvalue weighted by Gasteiger charge is -2.05. The highest BCUT2D eigenvalue weighted by Crippen LogP contribution is 1.89. The molecule has 9 heavy (non-hydrogen) atoms. The van der Waals surface area contributed by atoms with Gasteiger partial charge in [0.2, 0.25) is 0 Å². The first-order valence-corrected chi connectivity index (χ1v) is 2.88. The normalized spacial score (nSPS) is 12.6. The molecule has 0 N–H and O–H groups in total. The standard InChI is InChI=1S/C6H10NO2/c1-6(5-8)9-4-2-3-7/h6H,2,4-5H2,1H3. The van der Waals surface area contributed by atoms with Gasteiger partial charge in [-0.15, -0.1) is 0 Å². The minimum atomic E-state index is -0.252. The second kappa shape index (κ2) is 5.54. The summed E-state index contributed by atoms with van der Waals surface area (Å²) in [6, 6.07) is 1.92. The zero-order valence-electron chi connectivity index (χ0n) is 5.46. The Bertz CT molecular complexity index is 97.7. The van der Waals surface area contributed by atoms with Crippen LogP contribution in [-0.2, 0) is 9.84 Å².